The summed E-state index contributed by atoms with van der Waals surface area (Å²) in [5.41, 5.74) is 5.78. The number of hydrogen-bond donors (Lipinski definition) is 1. The van der Waals surface area contributed by atoms with Gasteiger partial charge in [-0.1, -0.05) is 24.3 Å². The van der Waals surface area contributed by atoms with E-state index in [1.165, 1.54) is 22.3 Å². The topological polar surface area (TPSA) is 20.2 Å². The first-order valence-corrected chi connectivity index (χ1v) is 7.38. The SMILES string of the molecule is C[N+]12CCc3cc(O)ccc3C1Cc1ccccc1C2. The summed E-state index contributed by atoms with van der Waals surface area (Å²) in [4.78, 5) is 0. The zero-order valence-electron chi connectivity index (χ0n) is 11.8. The van der Waals surface area contributed by atoms with Gasteiger partial charge < -0.3 is 9.59 Å². The van der Waals surface area contributed by atoms with Gasteiger partial charge in [0.25, 0.3) is 0 Å². The molecule has 2 heterocycles. The van der Waals surface area contributed by atoms with Crippen LogP contribution >= 0.6 is 0 Å². The van der Waals surface area contributed by atoms with Crippen molar-refractivity contribution in [1.82, 2.24) is 0 Å². The minimum absolute atomic E-state index is 0.399. The molecule has 2 aliphatic rings. The van der Waals surface area contributed by atoms with Crippen LogP contribution in [-0.2, 0) is 19.4 Å². The zero-order chi connectivity index (χ0) is 13.7. The summed E-state index contributed by atoms with van der Waals surface area (Å²) in [6, 6.07) is 15.3. The highest BCUT2D eigenvalue weighted by Crippen LogP contribution is 2.43. The van der Waals surface area contributed by atoms with E-state index in [1.54, 1.807) is 0 Å². The summed E-state index contributed by atoms with van der Waals surface area (Å²) in [5.74, 6) is 0.399. The molecular weight excluding hydrogens is 246 g/mol. The van der Waals surface area contributed by atoms with Crippen LogP contribution < -0.4 is 0 Å². The Kier molecular flexibility index (Phi) is 2.45. The fourth-order valence-electron chi connectivity index (χ4n) is 4.03. The van der Waals surface area contributed by atoms with Crippen LogP contribution in [0.5, 0.6) is 5.75 Å². The van der Waals surface area contributed by atoms with Crippen LogP contribution in [0, 0.1) is 0 Å². The van der Waals surface area contributed by atoms with Crippen molar-refractivity contribution in [2.24, 2.45) is 0 Å². The summed E-state index contributed by atoms with van der Waals surface area (Å²) in [7, 11) is 2.39. The largest absolute Gasteiger partial charge is 0.508 e. The lowest BCUT2D eigenvalue weighted by molar-refractivity contribution is -0.956. The number of hydrogen-bond acceptors (Lipinski definition) is 1. The highest BCUT2D eigenvalue weighted by molar-refractivity contribution is 5.40. The third-order valence-corrected chi connectivity index (χ3v) is 5.19. The minimum atomic E-state index is 0.399. The van der Waals surface area contributed by atoms with E-state index in [1.807, 2.05) is 12.1 Å². The first-order valence-electron chi connectivity index (χ1n) is 7.38. The van der Waals surface area contributed by atoms with Gasteiger partial charge in [0, 0.05) is 24.0 Å². The molecule has 0 saturated carbocycles. The average Bonchev–Trinajstić information content (AvgIpc) is 2.45. The fourth-order valence-corrected chi connectivity index (χ4v) is 4.03. The highest BCUT2D eigenvalue weighted by Gasteiger charge is 2.42. The van der Waals surface area contributed by atoms with Crippen LogP contribution in [0.25, 0.3) is 0 Å². The third-order valence-electron chi connectivity index (χ3n) is 5.19. The van der Waals surface area contributed by atoms with E-state index in [0.29, 0.717) is 11.8 Å². The first-order chi connectivity index (χ1) is 9.66. The number of phenols is 1. The summed E-state index contributed by atoms with van der Waals surface area (Å²) >= 11 is 0. The van der Waals surface area contributed by atoms with Crippen molar-refractivity contribution in [3.63, 3.8) is 0 Å². The molecule has 0 radical (unpaired) electrons. The minimum Gasteiger partial charge on any atom is -0.508 e. The molecule has 0 spiro atoms. The molecule has 102 valence electrons. The second-order valence-electron chi connectivity index (χ2n) is 6.48. The standard InChI is InChI=1S/C18H19NO/c1-19-9-8-14-10-16(20)6-7-17(14)18(19)11-13-4-2-3-5-15(13)12-19/h2-7,10,18H,8-9,11-12H2,1H3/p+1. The van der Waals surface area contributed by atoms with E-state index in [2.05, 4.69) is 37.4 Å². The van der Waals surface area contributed by atoms with Crippen molar-refractivity contribution >= 4 is 0 Å². The molecule has 2 unspecified atom stereocenters. The van der Waals surface area contributed by atoms with Gasteiger partial charge in [-0.15, -0.1) is 0 Å². The first kappa shape index (κ1) is 12.0. The van der Waals surface area contributed by atoms with E-state index in [9.17, 15) is 5.11 Å². The average molecular weight is 266 g/mol. The molecule has 2 nitrogen and oxygen atoms in total. The Morgan fingerprint density at radius 2 is 1.85 bits per heavy atom. The number of fused-ring (bicyclic) bond motifs is 4. The van der Waals surface area contributed by atoms with E-state index in [4.69, 9.17) is 0 Å². The molecule has 4 rings (SSSR count). The van der Waals surface area contributed by atoms with Gasteiger partial charge in [0.15, 0.2) is 0 Å². The van der Waals surface area contributed by atoms with Gasteiger partial charge in [-0.2, -0.15) is 0 Å². The van der Waals surface area contributed by atoms with Crippen LogP contribution in [-0.4, -0.2) is 23.2 Å². The number of likely N-dealkylation sites (N-methyl/N-ethyl adjacent to an activating group) is 1. The molecule has 2 aromatic carbocycles. The van der Waals surface area contributed by atoms with Gasteiger partial charge >= 0.3 is 0 Å². The van der Waals surface area contributed by atoms with Crippen molar-refractivity contribution in [1.29, 1.82) is 0 Å². The van der Waals surface area contributed by atoms with E-state index < -0.39 is 0 Å². The lowest BCUT2D eigenvalue weighted by Gasteiger charge is -2.48. The predicted octanol–water partition coefficient (Wildman–Crippen LogP) is 3.19. The Balaban J connectivity index is 1.83. The molecule has 2 aromatic rings. The summed E-state index contributed by atoms with van der Waals surface area (Å²) in [6.45, 7) is 2.29. The van der Waals surface area contributed by atoms with Gasteiger partial charge in [-0.25, -0.2) is 0 Å². The van der Waals surface area contributed by atoms with E-state index in [0.717, 1.165) is 30.4 Å². The van der Waals surface area contributed by atoms with E-state index in [-0.39, 0.29) is 0 Å². The maximum atomic E-state index is 9.70. The Labute approximate surface area is 119 Å². The zero-order valence-corrected chi connectivity index (χ0v) is 11.8. The molecule has 20 heavy (non-hydrogen) atoms. The van der Waals surface area contributed by atoms with Gasteiger partial charge in [0.1, 0.15) is 18.3 Å². The number of nitrogens with zero attached hydrogens (tertiary/aromatic N) is 1. The normalized spacial score (nSPS) is 27.4. The van der Waals surface area contributed by atoms with Gasteiger partial charge in [0.05, 0.1) is 13.6 Å². The third kappa shape index (κ3) is 1.68. The Bertz CT molecular complexity index is 679. The van der Waals surface area contributed by atoms with Gasteiger partial charge in [-0.05, 0) is 29.3 Å². The molecular formula is C18H20NO+. The highest BCUT2D eigenvalue weighted by atomic mass is 16.3. The lowest BCUT2D eigenvalue weighted by Crippen LogP contribution is -2.53. The monoisotopic (exact) mass is 266 g/mol. The van der Waals surface area contributed by atoms with Crippen LogP contribution in [0.15, 0.2) is 42.5 Å². The quantitative estimate of drug-likeness (QED) is 0.726. The van der Waals surface area contributed by atoms with Gasteiger partial charge in [-0.3, -0.25) is 0 Å². The summed E-state index contributed by atoms with van der Waals surface area (Å²) in [6.07, 6.45) is 2.18. The van der Waals surface area contributed by atoms with Crippen LogP contribution in [0.4, 0.5) is 0 Å². The van der Waals surface area contributed by atoms with Crippen LogP contribution in [0.2, 0.25) is 0 Å². The van der Waals surface area contributed by atoms with Crippen molar-refractivity contribution in [2.75, 3.05) is 13.6 Å². The smallest absolute Gasteiger partial charge is 0.119 e. The number of rotatable bonds is 0. The molecule has 0 aromatic heterocycles. The predicted molar refractivity (Wildman–Crippen MR) is 79.5 cm³/mol. The number of quaternary nitrogens is 1. The summed E-state index contributed by atoms with van der Waals surface area (Å²) < 4.78 is 1.11. The molecule has 0 fully saturated rings. The van der Waals surface area contributed by atoms with Crippen molar-refractivity contribution < 1.29 is 9.59 Å². The molecule has 0 bridgehead atoms. The molecule has 0 aliphatic carbocycles. The molecule has 2 atom stereocenters. The second kappa shape index (κ2) is 4.10. The summed E-state index contributed by atoms with van der Waals surface area (Å²) in [5, 5.41) is 9.70. The molecule has 1 N–H and O–H groups in total. The van der Waals surface area contributed by atoms with Crippen molar-refractivity contribution in [3.8, 4) is 5.75 Å². The molecule has 0 amide bonds. The Morgan fingerprint density at radius 1 is 1.05 bits per heavy atom. The Hall–Kier alpha value is -1.80. The fraction of sp³-hybridized carbons (Fsp3) is 0.333. The van der Waals surface area contributed by atoms with Crippen LogP contribution in [0.1, 0.15) is 28.3 Å². The number of benzene rings is 2. The Morgan fingerprint density at radius 3 is 2.70 bits per heavy atom. The second-order valence-corrected chi connectivity index (χ2v) is 6.48. The molecule has 2 heteroatoms. The number of phenolic OH excluding ortho intramolecular Hbond substituents is 1. The maximum Gasteiger partial charge on any atom is 0.119 e. The van der Waals surface area contributed by atoms with Crippen molar-refractivity contribution in [3.05, 3.63) is 64.7 Å². The lowest BCUT2D eigenvalue weighted by atomic mass is 9.82. The van der Waals surface area contributed by atoms with E-state index >= 15 is 0 Å². The molecule has 0 saturated heterocycles. The van der Waals surface area contributed by atoms with Gasteiger partial charge in [0.2, 0.25) is 0 Å². The van der Waals surface area contributed by atoms with Crippen molar-refractivity contribution in [2.45, 2.75) is 25.4 Å². The molecule has 2 aliphatic heterocycles. The van der Waals surface area contributed by atoms with Crippen LogP contribution in [0.3, 0.4) is 0 Å². The number of aromatic hydroxyl groups is 1. The maximum absolute atomic E-state index is 9.70.